The SMILES string of the molecule is CCn1nc(C)cc1C(=O)Nc1nc2cc(C(N)=O)cc(CN3CC4(CNC4)C3)c2n1C/C=C/Cn1c(NC(=O)c2c(N)c(C)nn2CC)nc2cc(C(N)=O)cnc21. The zero-order chi connectivity index (χ0) is 41.7. The number of nitrogens with zero attached hydrogens (tertiary/aromatic N) is 10. The van der Waals surface area contributed by atoms with Gasteiger partial charge in [-0.15, -0.1) is 0 Å². The van der Waals surface area contributed by atoms with Gasteiger partial charge in [0, 0.05) is 76.1 Å². The summed E-state index contributed by atoms with van der Waals surface area (Å²) in [5.41, 5.74) is 23.2. The van der Waals surface area contributed by atoms with Crippen molar-refractivity contribution >= 4 is 63.4 Å². The number of primary amides is 2. The Morgan fingerprint density at radius 3 is 2.14 bits per heavy atom. The second-order valence-corrected chi connectivity index (χ2v) is 15.2. The molecule has 0 atom stereocenters. The molecule has 2 saturated heterocycles. The number of nitrogens with one attached hydrogen (secondary N) is 3. The van der Waals surface area contributed by atoms with Crippen LogP contribution in [-0.2, 0) is 32.7 Å². The average molecular weight is 803 g/mol. The van der Waals surface area contributed by atoms with Crippen molar-refractivity contribution in [2.75, 3.05) is 42.5 Å². The van der Waals surface area contributed by atoms with E-state index >= 15 is 0 Å². The van der Waals surface area contributed by atoms with E-state index in [9.17, 15) is 19.2 Å². The minimum Gasteiger partial charge on any atom is -0.395 e. The molecule has 0 bridgehead atoms. The summed E-state index contributed by atoms with van der Waals surface area (Å²) in [5, 5.41) is 18.0. The number of imidazole rings is 2. The quantitative estimate of drug-likeness (QED) is 0.0861. The molecule has 59 heavy (non-hydrogen) atoms. The van der Waals surface area contributed by atoms with E-state index in [-0.39, 0.29) is 47.3 Å². The Morgan fingerprint density at radius 1 is 0.831 bits per heavy atom. The third kappa shape index (κ3) is 7.16. The summed E-state index contributed by atoms with van der Waals surface area (Å²) in [6.45, 7) is 13.0. The maximum atomic E-state index is 13.8. The smallest absolute Gasteiger partial charge is 0.278 e. The number of carbonyl (C=O) groups excluding carboxylic acids is 4. The van der Waals surface area contributed by atoms with Gasteiger partial charge in [-0.2, -0.15) is 10.2 Å². The molecule has 0 saturated carbocycles. The number of likely N-dealkylation sites (tertiary alicyclic amines) is 1. The number of nitrogens with two attached hydrogens (primary N) is 3. The maximum absolute atomic E-state index is 13.8. The monoisotopic (exact) mass is 802 g/mol. The first-order valence-electron chi connectivity index (χ1n) is 19.3. The van der Waals surface area contributed by atoms with Crippen molar-refractivity contribution in [3.63, 3.8) is 0 Å². The predicted molar refractivity (Wildman–Crippen MR) is 220 cm³/mol. The predicted octanol–water partition coefficient (Wildman–Crippen LogP) is 1.78. The van der Waals surface area contributed by atoms with Gasteiger partial charge in [-0.1, -0.05) is 12.2 Å². The van der Waals surface area contributed by atoms with Crippen LogP contribution in [0.25, 0.3) is 22.2 Å². The average Bonchev–Trinajstić information content (AvgIpc) is 3.91. The van der Waals surface area contributed by atoms with Crippen LogP contribution in [0.1, 0.15) is 72.5 Å². The van der Waals surface area contributed by atoms with Crippen LogP contribution in [0.5, 0.6) is 0 Å². The molecular weight excluding hydrogens is 757 g/mol. The number of hydrogen-bond acceptors (Lipinski definition) is 12. The summed E-state index contributed by atoms with van der Waals surface area (Å²) in [4.78, 5) is 68.3. The molecule has 5 aromatic heterocycles. The Morgan fingerprint density at radius 2 is 1.47 bits per heavy atom. The third-order valence-electron chi connectivity index (χ3n) is 10.9. The highest BCUT2D eigenvalue weighted by atomic mass is 16.2. The number of nitrogen functional groups attached to an aromatic ring is 1. The highest BCUT2D eigenvalue weighted by molar-refractivity contribution is 6.07. The van der Waals surface area contributed by atoms with Crippen LogP contribution in [-0.4, -0.2) is 98.4 Å². The molecule has 4 amide bonds. The lowest BCUT2D eigenvalue weighted by Gasteiger charge is -2.56. The number of anilines is 3. The van der Waals surface area contributed by atoms with E-state index in [2.05, 4.69) is 41.0 Å². The number of pyridine rings is 1. The summed E-state index contributed by atoms with van der Waals surface area (Å²) in [7, 11) is 0. The van der Waals surface area contributed by atoms with Gasteiger partial charge in [0.1, 0.15) is 16.9 Å². The lowest BCUT2D eigenvalue weighted by Crippen LogP contribution is -2.70. The summed E-state index contributed by atoms with van der Waals surface area (Å²) in [5.74, 6) is -1.74. The molecule has 0 aliphatic carbocycles. The third-order valence-corrected chi connectivity index (χ3v) is 10.9. The van der Waals surface area contributed by atoms with Crippen LogP contribution in [0.2, 0.25) is 0 Å². The van der Waals surface area contributed by atoms with Gasteiger partial charge in [-0.3, -0.25) is 48.6 Å². The Bertz CT molecular complexity index is 2700. The van der Waals surface area contributed by atoms with Gasteiger partial charge < -0.3 is 27.1 Å². The van der Waals surface area contributed by atoms with Gasteiger partial charge in [0.2, 0.25) is 23.7 Å². The number of hydrogen-bond donors (Lipinski definition) is 6. The number of amides is 4. The van der Waals surface area contributed by atoms with E-state index in [1.807, 2.05) is 37.5 Å². The van der Waals surface area contributed by atoms with Gasteiger partial charge in [-0.25, -0.2) is 15.0 Å². The van der Waals surface area contributed by atoms with Gasteiger partial charge in [-0.05, 0) is 57.5 Å². The van der Waals surface area contributed by atoms with E-state index in [0.717, 1.165) is 37.3 Å². The van der Waals surface area contributed by atoms with Crippen molar-refractivity contribution < 1.29 is 19.2 Å². The fraction of sp³-hybridized carbons (Fsp3) is 0.359. The molecule has 2 aliphatic rings. The normalized spacial score (nSPS) is 14.9. The number of aromatic nitrogens is 9. The van der Waals surface area contributed by atoms with Crippen LogP contribution in [0.4, 0.5) is 17.6 Å². The Hall–Kier alpha value is -6.93. The molecule has 9 N–H and O–H groups in total. The van der Waals surface area contributed by atoms with Crippen LogP contribution in [0, 0.1) is 19.3 Å². The molecule has 8 rings (SSSR count). The van der Waals surface area contributed by atoms with Crippen molar-refractivity contribution in [3.8, 4) is 0 Å². The fourth-order valence-corrected chi connectivity index (χ4v) is 7.98. The standard InChI is InChI=1S/C39H46N16O4/c1-5-54-28(11-21(3)49-54)35(58)47-37-45-26-13-23(32(41)56)12-25(16-51-19-39(20-51)17-43-18-39)30(26)52(37)9-7-8-10-53-34-27(14-24(15-44-34)33(42)57)46-38(53)48-36(59)31-29(40)22(4)50-55(31)6-2/h7-8,11-15,43H,5-6,9-10,16-20,40H2,1-4H3,(H2,41,56)(H2,42,57)(H,45,47,58)(H,46,48,59)/b8-7+. The fourth-order valence-electron chi connectivity index (χ4n) is 7.98. The van der Waals surface area contributed by atoms with Crippen molar-refractivity contribution in [2.24, 2.45) is 16.9 Å². The summed E-state index contributed by atoms with van der Waals surface area (Å²) in [6.07, 6.45) is 5.11. The first-order valence-corrected chi connectivity index (χ1v) is 19.3. The summed E-state index contributed by atoms with van der Waals surface area (Å²) >= 11 is 0. The molecule has 2 fully saturated rings. The second-order valence-electron chi connectivity index (χ2n) is 15.2. The first kappa shape index (κ1) is 38.9. The zero-order valence-corrected chi connectivity index (χ0v) is 33.2. The minimum absolute atomic E-state index is 0.156. The van der Waals surface area contributed by atoms with E-state index in [1.54, 1.807) is 34.4 Å². The minimum atomic E-state index is -0.671. The number of rotatable bonds is 14. The number of aryl methyl sites for hydroxylation is 4. The number of carbonyl (C=O) groups is 4. The maximum Gasteiger partial charge on any atom is 0.278 e. The Kier molecular flexibility index (Phi) is 9.96. The molecule has 306 valence electrons. The molecule has 20 nitrogen and oxygen atoms in total. The largest absolute Gasteiger partial charge is 0.395 e. The number of allylic oxidation sites excluding steroid dienone is 2. The molecule has 0 radical (unpaired) electrons. The van der Waals surface area contributed by atoms with E-state index < -0.39 is 23.6 Å². The van der Waals surface area contributed by atoms with Crippen LogP contribution >= 0.6 is 0 Å². The van der Waals surface area contributed by atoms with Gasteiger partial charge in [0.15, 0.2) is 5.65 Å². The second kappa shape index (κ2) is 15.1. The van der Waals surface area contributed by atoms with Crippen molar-refractivity contribution in [2.45, 2.75) is 60.4 Å². The molecule has 6 aromatic rings. The van der Waals surface area contributed by atoms with Crippen molar-refractivity contribution in [1.29, 1.82) is 0 Å². The highest BCUT2D eigenvalue weighted by Gasteiger charge is 2.47. The van der Waals surface area contributed by atoms with Crippen LogP contribution in [0.3, 0.4) is 0 Å². The van der Waals surface area contributed by atoms with Gasteiger partial charge in [0.05, 0.1) is 33.7 Å². The van der Waals surface area contributed by atoms with Crippen molar-refractivity contribution in [1.82, 2.24) is 53.9 Å². The first-order chi connectivity index (χ1) is 28.3. The summed E-state index contributed by atoms with van der Waals surface area (Å²) < 4.78 is 6.73. The van der Waals surface area contributed by atoms with E-state index in [4.69, 9.17) is 22.2 Å². The van der Waals surface area contributed by atoms with Gasteiger partial charge >= 0.3 is 0 Å². The Labute approximate surface area is 337 Å². The molecule has 1 spiro atoms. The molecular formula is C39H46N16O4. The zero-order valence-electron chi connectivity index (χ0n) is 33.2. The van der Waals surface area contributed by atoms with E-state index in [1.165, 1.54) is 16.9 Å². The molecule has 0 unspecified atom stereocenters. The summed E-state index contributed by atoms with van der Waals surface area (Å²) in [6, 6.07) is 6.67. The molecule has 1 aromatic carbocycles. The lowest BCUT2D eigenvalue weighted by molar-refractivity contribution is -0.0442. The Balaban J connectivity index is 1.15. The van der Waals surface area contributed by atoms with Crippen LogP contribution in [0.15, 0.2) is 42.6 Å². The van der Waals surface area contributed by atoms with E-state index in [0.29, 0.717) is 59.0 Å². The molecule has 7 heterocycles. The van der Waals surface area contributed by atoms with Gasteiger partial charge in [0.25, 0.3) is 11.8 Å². The topological polar surface area (TPSA) is 270 Å². The molecule has 2 aliphatic heterocycles. The van der Waals surface area contributed by atoms with Crippen molar-refractivity contribution in [3.05, 3.63) is 82.1 Å². The number of fused-ring (bicyclic) bond motifs is 2. The lowest BCUT2D eigenvalue weighted by atomic mass is 9.74. The number of benzene rings is 1. The molecule has 20 heteroatoms. The highest BCUT2D eigenvalue weighted by Crippen LogP contribution is 2.36. The van der Waals surface area contributed by atoms with Crippen LogP contribution < -0.4 is 33.2 Å².